The summed E-state index contributed by atoms with van der Waals surface area (Å²) in [7, 11) is -6.83. The molecule has 1 aromatic heterocycles. The van der Waals surface area contributed by atoms with E-state index in [0.29, 0.717) is 22.1 Å². The van der Waals surface area contributed by atoms with Crippen molar-refractivity contribution < 1.29 is 26.8 Å². The lowest BCUT2D eigenvalue weighted by Gasteiger charge is -2.31. The number of aromatic nitrogens is 1. The zero-order valence-corrected chi connectivity index (χ0v) is 22.6. The monoisotopic (exact) mass is 528 g/mol. The third kappa shape index (κ3) is 6.15. The summed E-state index contributed by atoms with van der Waals surface area (Å²) < 4.78 is 47.9. The second-order valence-electron chi connectivity index (χ2n) is 8.77. The van der Waals surface area contributed by atoms with Gasteiger partial charge >= 0.3 is 7.60 Å². The first-order chi connectivity index (χ1) is 16.0. The van der Waals surface area contributed by atoms with E-state index in [1.807, 2.05) is 6.92 Å². The van der Waals surface area contributed by atoms with Crippen LogP contribution < -0.4 is 9.94 Å². The maximum atomic E-state index is 13.6. The lowest BCUT2D eigenvalue weighted by molar-refractivity contribution is -0.121. The predicted molar refractivity (Wildman–Crippen MR) is 135 cm³/mol. The van der Waals surface area contributed by atoms with Crippen LogP contribution in [0, 0.1) is 5.92 Å². The molecule has 1 amide bonds. The van der Waals surface area contributed by atoms with Crippen molar-refractivity contribution in [1.82, 2.24) is 4.98 Å². The van der Waals surface area contributed by atoms with Crippen molar-refractivity contribution in [1.29, 1.82) is 0 Å². The molecule has 188 valence electrons. The van der Waals surface area contributed by atoms with Crippen LogP contribution in [0.15, 0.2) is 35.4 Å². The number of carbonyl (C=O) groups is 1. The van der Waals surface area contributed by atoms with Gasteiger partial charge in [-0.15, -0.1) is 0 Å². The number of thiazole rings is 1. The number of benzene rings is 1. The summed E-state index contributed by atoms with van der Waals surface area (Å²) in [5.74, 6) is 0.170. The largest absolute Gasteiger partial charge is 0.372 e. The van der Waals surface area contributed by atoms with Gasteiger partial charge in [-0.25, -0.2) is 13.4 Å². The summed E-state index contributed by atoms with van der Waals surface area (Å²) >= 11 is 1.07. The summed E-state index contributed by atoms with van der Waals surface area (Å²) in [6.07, 6.45) is 7.66. The Morgan fingerprint density at radius 1 is 1.18 bits per heavy atom. The van der Waals surface area contributed by atoms with E-state index in [2.05, 4.69) is 10.3 Å². The zero-order valence-electron chi connectivity index (χ0n) is 20.1. The van der Waals surface area contributed by atoms with Crippen LogP contribution in [0.5, 0.6) is 0 Å². The van der Waals surface area contributed by atoms with Crippen LogP contribution >= 0.6 is 18.9 Å². The van der Waals surface area contributed by atoms with Crippen LogP contribution in [0.3, 0.4) is 0 Å². The molecule has 0 spiro atoms. The van der Waals surface area contributed by atoms with E-state index in [-0.39, 0.29) is 24.0 Å². The highest BCUT2D eigenvalue weighted by Gasteiger charge is 2.39. The molecule has 0 radical (unpaired) electrons. The highest BCUT2D eigenvalue weighted by atomic mass is 32.2. The smallest absolute Gasteiger partial charge is 0.305 e. The lowest BCUT2D eigenvalue weighted by atomic mass is 9.74. The summed E-state index contributed by atoms with van der Waals surface area (Å²) in [6, 6.07) is 6.53. The van der Waals surface area contributed by atoms with Gasteiger partial charge in [-0.3, -0.25) is 9.36 Å². The van der Waals surface area contributed by atoms with Gasteiger partial charge in [0.05, 0.1) is 29.7 Å². The fourth-order valence-electron chi connectivity index (χ4n) is 4.39. The number of rotatable bonds is 11. The highest BCUT2D eigenvalue weighted by molar-refractivity contribution is 7.90. The SMILES string of the molecule is CCOP(=O)(OCC)c1cnc(NC(=O)C(C)(CC2CCCC2)c2ccc(S(C)(=O)=O)cc2)s1. The minimum absolute atomic E-state index is 0.215. The average Bonchev–Trinajstić information content (AvgIpc) is 3.46. The van der Waals surface area contributed by atoms with Gasteiger partial charge in [-0.2, -0.15) is 0 Å². The molecular weight excluding hydrogens is 495 g/mol. The second kappa shape index (κ2) is 11.0. The molecule has 1 aliphatic rings. The Balaban J connectivity index is 1.89. The maximum absolute atomic E-state index is 13.6. The summed E-state index contributed by atoms with van der Waals surface area (Å²) in [5.41, 5.74) is -0.143. The summed E-state index contributed by atoms with van der Waals surface area (Å²) in [4.78, 5) is 18.1. The van der Waals surface area contributed by atoms with Crippen LogP contribution in [-0.4, -0.2) is 38.8 Å². The first kappa shape index (κ1) is 27.0. The quantitative estimate of drug-likeness (QED) is 0.412. The molecule has 1 aliphatic carbocycles. The van der Waals surface area contributed by atoms with Crippen LogP contribution in [0.25, 0.3) is 0 Å². The number of sulfone groups is 1. The van der Waals surface area contributed by atoms with Crippen molar-refractivity contribution in [3.63, 3.8) is 0 Å². The third-order valence-electron chi connectivity index (χ3n) is 6.17. The molecule has 1 atom stereocenters. The molecule has 1 heterocycles. The topological polar surface area (TPSA) is 112 Å². The van der Waals surface area contributed by atoms with E-state index >= 15 is 0 Å². The van der Waals surface area contributed by atoms with Crippen molar-refractivity contribution >= 4 is 44.4 Å². The molecule has 1 unspecified atom stereocenters. The Bertz CT molecular complexity index is 1130. The fourth-order valence-corrected chi connectivity index (χ4v) is 7.81. The number of nitrogens with one attached hydrogen (secondary N) is 1. The van der Waals surface area contributed by atoms with E-state index in [9.17, 15) is 17.8 Å². The van der Waals surface area contributed by atoms with Gasteiger partial charge in [-0.1, -0.05) is 49.2 Å². The van der Waals surface area contributed by atoms with Gasteiger partial charge in [0.1, 0.15) is 4.62 Å². The standard InChI is InChI=1S/C23H33N2O6PS2/c1-5-30-32(27,31-6-2)20-16-24-22(33-20)25-21(26)23(3,15-17-9-7-8-10-17)18-11-13-19(14-12-18)34(4,28)29/h11-14,16-17H,5-10,15H2,1-4H3,(H,24,25,26). The maximum Gasteiger partial charge on any atom is 0.372 e. The van der Waals surface area contributed by atoms with Crippen LogP contribution in [0.1, 0.15) is 58.4 Å². The summed E-state index contributed by atoms with van der Waals surface area (Å²) in [5, 5.41) is 3.20. The highest BCUT2D eigenvalue weighted by Crippen LogP contribution is 2.49. The molecule has 1 saturated carbocycles. The van der Waals surface area contributed by atoms with E-state index in [4.69, 9.17) is 9.05 Å². The van der Waals surface area contributed by atoms with Crippen LogP contribution in [0.4, 0.5) is 5.13 Å². The number of carbonyl (C=O) groups excluding carboxylic acids is 1. The number of hydrogen-bond donors (Lipinski definition) is 1. The lowest BCUT2D eigenvalue weighted by Crippen LogP contribution is -2.39. The normalized spacial score (nSPS) is 16.9. The number of nitrogens with zero attached hydrogens (tertiary/aromatic N) is 1. The minimum atomic E-state index is -3.49. The van der Waals surface area contributed by atoms with E-state index in [1.54, 1.807) is 38.1 Å². The predicted octanol–water partition coefficient (Wildman–Crippen LogP) is 4.91. The van der Waals surface area contributed by atoms with Crippen LogP contribution in [-0.2, 0) is 33.7 Å². The number of hydrogen-bond acceptors (Lipinski definition) is 8. The first-order valence-corrected chi connectivity index (χ1v) is 15.7. The Hall–Kier alpha value is -1.58. The van der Waals surface area contributed by atoms with E-state index in [1.165, 1.54) is 6.20 Å². The molecule has 34 heavy (non-hydrogen) atoms. The van der Waals surface area contributed by atoms with Gasteiger partial charge in [0, 0.05) is 6.26 Å². The number of anilines is 1. The molecule has 0 aliphatic heterocycles. The molecule has 8 nitrogen and oxygen atoms in total. The van der Waals surface area contributed by atoms with Gasteiger partial charge in [-0.05, 0) is 50.8 Å². The van der Waals surface area contributed by atoms with E-state index in [0.717, 1.165) is 48.8 Å². The van der Waals surface area contributed by atoms with Gasteiger partial charge < -0.3 is 14.4 Å². The third-order valence-corrected chi connectivity index (χ3v) is 10.8. The van der Waals surface area contributed by atoms with Gasteiger partial charge in [0.2, 0.25) is 5.91 Å². The molecule has 2 aromatic rings. The second-order valence-corrected chi connectivity index (χ2v) is 14.1. The van der Waals surface area contributed by atoms with Gasteiger partial charge in [0.25, 0.3) is 0 Å². The molecule has 0 saturated heterocycles. The molecular formula is C23H33N2O6PS2. The van der Waals surface area contributed by atoms with Crippen molar-refractivity contribution in [2.24, 2.45) is 5.92 Å². The average molecular weight is 529 g/mol. The molecule has 3 rings (SSSR count). The number of amides is 1. The molecule has 1 N–H and O–H groups in total. The van der Waals surface area contributed by atoms with Crippen LogP contribution in [0.2, 0.25) is 0 Å². The zero-order chi connectivity index (χ0) is 25.0. The van der Waals surface area contributed by atoms with Crippen molar-refractivity contribution in [3.05, 3.63) is 36.0 Å². The Morgan fingerprint density at radius 3 is 2.29 bits per heavy atom. The molecule has 1 fully saturated rings. The van der Waals surface area contributed by atoms with Crippen molar-refractivity contribution in [2.45, 2.75) is 63.2 Å². The minimum Gasteiger partial charge on any atom is -0.305 e. The molecule has 1 aromatic carbocycles. The first-order valence-electron chi connectivity index (χ1n) is 11.5. The van der Waals surface area contributed by atoms with Crippen molar-refractivity contribution in [2.75, 3.05) is 24.8 Å². The Kier molecular flexibility index (Phi) is 8.74. The Labute approximate surface area is 205 Å². The van der Waals surface area contributed by atoms with Crippen molar-refractivity contribution in [3.8, 4) is 0 Å². The molecule has 0 bridgehead atoms. The molecule has 11 heteroatoms. The summed E-state index contributed by atoms with van der Waals surface area (Å²) in [6.45, 7) is 5.80. The fraction of sp³-hybridized carbons (Fsp3) is 0.565. The van der Waals surface area contributed by atoms with Gasteiger partial charge in [0.15, 0.2) is 15.0 Å². The van der Waals surface area contributed by atoms with E-state index < -0.39 is 22.8 Å². The Morgan fingerprint density at radius 2 is 1.76 bits per heavy atom.